The Bertz CT molecular complexity index is 949. The van der Waals surface area contributed by atoms with E-state index in [1.54, 1.807) is 18.4 Å². The molecule has 0 spiro atoms. The number of aromatic nitrogens is 4. The van der Waals surface area contributed by atoms with E-state index in [9.17, 15) is 14.2 Å². The van der Waals surface area contributed by atoms with Gasteiger partial charge in [0.1, 0.15) is 6.23 Å². The van der Waals surface area contributed by atoms with Gasteiger partial charge in [-0.3, -0.25) is 29.0 Å². The van der Waals surface area contributed by atoms with Crippen molar-refractivity contribution in [2.75, 3.05) is 11.9 Å². The summed E-state index contributed by atoms with van der Waals surface area (Å²) in [6, 6.07) is 0. The molecule has 13 heteroatoms. The fourth-order valence-electron chi connectivity index (χ4n) is 2.65. The molecule has 1 amide bonds. The average molecular weight is 401 g/mol. The molecule has 3 rings (SSSR count). The number of nitrogens with zero attached hydrogens (tertiary/aromatic N) is 3. The zero-order valence-electron chi connectivity index (χ0n) is 14.7. The van der Waals surface area contributed by atoms with Crippen LogP contribution < -0.4 is 10.9 Å². The average Bonchev–Trinajstić information content (AvgIpc) is 3.18. The maximum atomic E-state index is 12.2. The first-order valence-corrected chi connectivity index (χ1v) is 9.80. The fourth-order valence-corrected chi connectivity index (χ4v) is 3.01. The number of H-pyrrole nitrogens is 1. The Morgan fingerprint density at radius 2 is 2.26 bits per heavy atom. The van der Waals surface area contributed by atoms with E-state index in [0.29, 0.717) is 12.8 Å². The molecule has 4 N–H and O–H groups in total. The maximum Gasteiger partial charge on any atom is 0.469 e. The number of hydrogen-bond donors (Lipinski definition) is 4. The first kappa shape index (κ1) is 19.6. The van der Waals surface area contributed by atoms with Gasteiger partial charge in [-0.25, -0.2) is 9.55 Å². The van der Waals surface area contributed by atoms with Crippen LogP contribution in [0, 0.1) is 5.92 Å². The SMILES string of the molecule is CC(C)C(=O)Nc1nc2c(ncn2[C@H]2CC[C@@H](COP(=O)(O)O)O2)c(=O)[nH]1. The van der Waals surface area contributed by atoms with E-state index in [0.717, 1.165) is 0 Å². The second-order valence-corrected chi connectivity index (χ2v) is 7.70. The molecule has 2 aromatic heterocycles. The van der Waals surface area contributed by atoms with Crippen molar-refractivity contribution in [1.82, 2.24) is 19.5 Å². The molecule has 0 saturated carbocycles. The van der Waals surface area contributed by atoms with Crippen LogP contribution in [0.15, 0.2) is 11.1 Å². The topological polar surface area (TPSA) is 169 Å². The molecule has 12 nitrogen and oxygen atoms in total. The van der Waals surface area contributed by atoms with Gasteiger partial charge >= 0.3 is 7.82 Å². The summed E-state index contributed by atoms with van der Waals surface area (Å²) in [7, 11) is -4.57. The number of nitrogens with one attached hydrogen (secondary N) is 2. The number of aromatic amines is 1. The monoisotopic (exact) mass is 401 g/mol. The van der Waals surface area contributed by atoms with Gasteiger partial charge < -0.3 is 14.5 Å². The third-order valence-electron chi connectivity index (χ3n) is 4.02. The summed E-state index contributed by atoms with van der Waals surface area (Å²) in [6.07, 6.45) is 1.39. The van der Waals surface area contributed by atoms with Crippen LogP contribution >= 0.6 is 7.82 Å². The second kappa shape index (κ2) is 7.49. The smallest absolute Gasteiger partial charge is 0.352 e. The van der Waals surface area contributed by atoms with Crippen LogP contribution in [-0.4, -0.2) is 47.9 Å². The molecule has 0 bridgehead atoms. The number of phosphoric ester groups is 1. The van der Waals surface area contributed by atoms with Crippen molar-refractivity contribution in [2.45, 2.75) is 39.0 Å². The molecular weight excluding hydrogens is 381 g/mol. The maximum absolute atomic E-state index is 12.2. The highest BCUT2D eigenvalue weighted by Crippen LogP contribution is 2.38. The number of carbonyl (C=O) groups is 1. The molecule has 148 valence electrons. The number of hydrogen-bond acceptors (Lipinski definition) is 7. The molecule has 1 fully saturated rings. The molecule has 1 aliphatic heterocycles. The van der Waals surface area contributed by atoms with E-state index in [4.69, 9.17) is 14.5 Å². The predicted octanol–water partition coefficient (Wildman–Crippen LogP) is 0.501. The zero-order chi connectivity index (χ0) is 19.8. The van der Waals surface area contributed by atoms with E-state index < -0.39 is 25.7 Å². The Morgan fingerprint density at radius 1 is 1.52 bits per heavy atom. The lowest BCUT2D eigenvalue weighted by molar-refractivity contribution is -0.118. The van der Waals surface area contributed by atoms with Gasteiger partial charge in [-0.05, 0) is 12.8 Å². The molecule has 3 heterocycles. The van der Waals surface area contributed by atoms with E-state index in [-0.39, 0.29) is 35.5 Å². The van der Waals surface area contributed by atoms with Crippen molar-refractivity contribution >= 4 is 30.8 Å². The molecule has 0 unspecified atom stereocenters. The van der Waals surface area contributed by atoms with Crippen LogP contribution in [0.3, 0.4) is 0 Å². The highest BCUT2D eigenvalue weighted by Gasteiger charge is 2.30. The minimum atomic E-state index is -4.57. The quantitative estimate of drug-likeness (QED) is 0.504. The predicted molar refractivity (Wildman–Crippen MR) is 92.8 cm³/mol. The summed E-state index contributed by atoms with van der Waals surface area (Å²) < 4.78 is 22.5. The number of rotatable bonds is 6. The summed E-state index contributed by atoms with van der Waals surface area (Å²) in [4.78, 5) is 52.3. The van der Waals surface area contributed by atoms with Gasteiger partial charge in [-0.1, -0.05) is 13.8 Å². The number of fused-ring (bicyclic) bond motifs is 1. The van der Waals surface area contributed by atoms with Gasteiger partial charge in [-0.15, -0.1) is 0 Å². The van der Waals surface area contributed by atoms with Crippen molar-refractivity contribution < 1.29 is 28.4 Å². The van der Waals surface area contributed by atoms with Gasteiger partial charge in [0.25, 0.3) is 5.56 Å². The molecule has 27 heavy (non-hydrogen) atoms. The second-order valence-electron chi connectivity index (χ2n) is 6.46. The third kappa shape index (κ3) is 4.60. The van der Waals surface area contributed by atoms with Crippen LogP contribution in [0.2, 0.25) is 0 Å². The van der Waals surface area contributed by atoms with Crippen molar-refractivity contribution in [3.63, 3.8) is 0 Å². The summed E-state index contributed by atoms with van der Waals surface area (Å²) >= 11 is 0. The first-order valence-electron chi connectivity index (χ1n) is 8.27. The van der Waals surface area contributed by atoms with Gasteiger partial charge in [0.05, 0.1) is 19.0 Å². The highest BCUT2D eigenvalue weighted by molar-refractivity contribution is 7.46. The lowest BCUT2D eigenvalue weighted by Gasteiger charge is -2.15. The van der Waals surface area contributed by atoms with Crippen LogP contribution in [0.1, 0.15) is 32.9 Å². The van der Waals surface area contributed by atoms with Crippen LogP contribution in [-0.2, 0) is 18.6 Å². The number of carbonyl (C=O) groups excluding carboxylic acids is 1. The molecule has 0 aliphatic carbocycles. The molecule has 1 saturated heterocycles. The minimum Gasteiger partial charge on any atom is -0.352 e. The standard InChI is InChI=1S/C14H20N5O7P/c1-7(2)12(20)17-14-16-11-10(13(21)18-14)15-6-19(11)9-4-3-8(26-9)5-25-27(22,23)24/h6-9H,3-5H2,1-2H3,(H2,22,23,24)(H2,16,17,18,20,21)/t8-,9+/m0/s1. The number of phosphoric acid groups is 1. The molecule has 2 aromatic rings. The largest absolute Gasteiger partial charge is 0.469 e. The van der Waals surface area contributed by atoms with Crippen LogP contribution in [0.25, 0.3) is 11.2 Å². The minimum absolute atomic E-state index is 0.00679. The van der Waals surface area contributed by atoms with Crippen molar-refractivity contribution in [3.8, 4) is 0 Å². The first-order chi connectivity index (χ1) is 12.6. The van der Waals surface area contributed by atoms with Crippen LogP contribution in [0.5, 0.6) is 0 Å². The Morgan fingerprint density at radius 3 is 2.93 bits per heavy atom. The molecule has 1 aliphatic rings. The Hall–Kier alpha value is -2.11. The van der Waals surface area contributed by atoms with E-state index >= 15 is 0 Å². The third-order valence-corrected chi connectivity index (χ3v) is 4.51. The summed E-state index contributed by atoms with van der Waals surface area (Å²) in [6.45, 7) is 3.17. The van der Waals surface area contributed by atoms with Crippen LogP contribution in [0.4, 0.5) is 5.95 Å². The molecule has 0 aromatic carbocycles. The number of imidazole rings is 1. The van der Waals surface area contributed by atoms with E-state index in [2.05, 4.69) is 24.8 Å². The highest BCUT2D eigenvalue weighted by atomic mass is 31.2. The molecular formula is C14H20N5O7P. The fraction of sp³-hybridized carbons (Fsp3) is 0.571. The number of anilines is 1. The Kier molecular flexibility index (Phi) is 5.45. The van der Waals surface area contributed by atoms with Gasteiger partial charge in [-0.2, -0.15) is 4.98 Å². The van der Waals surface area contributed by atoms with E-state index in [1.165, 1.54) is 6.33 Å². The molecule has 0 radical (unpaired) electrons. The number of ether oxygens (including phenoxy) is 1. The normalized spacial score (nSPS) is 20.5. The summed E-state index contributed by atoms with van der Waals surface area (Å²) in [5.74, 6) is -0.577. The van der Waals surface area contributed by atoms with E-state index in [1.807, 2.05) is 0 Å². The molecule has 2 atom stereocenters. The summed E-state index contributed by atoms with van der Waals surface area (Å²) in [5.41, 5.74) is -0.174. The lowest BCUT2D eigenvalue weighted by Crippen LogP contribution is -2.22. The zero-order valence-corrected chi connectivity index (χ0v) is 15.5. The van der Waals surface area contributed by atoms with Gasteiger partial charge in [0.2, 0.25) is 11.9 Å². The number of amides is 1. The van der Waals surface area contributed by atoms with Crippen molar-refractivity contribution in [1.29, 1.82) is 0 Å². The Labute approximate surface area is 153 Å². The lowest BCUT2D eigenvalue weighted by atomic mass is 10.2. The summed E-state index contributed by atoms with van der Waals surface area (Å²) in [5, 5.41) is 2.53. The van der Waals surface area contributed by atoms with Crippen molar-refractivity contribution in [3.05, 3.63) is 16.7 Å². The van der Waals surface area contributed by atoms with Gasteiger partial charge in [0.15, 0.2) is 11.2 Å². The van der Waals surface area contributed by atoms with Crippen molar-refractivity contribution in [2.24, 2.45) is 5.92 Å². The van der Waals surface area contributed by atoms with Gasteiger partial charge in [0, 0.05) is 5.92 Å². The Balaban J connectivity index is 1.81.